The van der Waals surface area contributed by atoms with Crippen LogP contribution in [0.15, 0.2) is 6.33 Å². The average molecular weight is 238 g/mol. The van der Waals surface area contributed by atoms with Crippen LogP contribution in [0.25, 0.3) is 0 Å². The molecule has 0 aromatic carbocycles. The first-order valence-corrected chi connectivity index (χ1v) is 6.24. The molecule has 1 atom stereocenters. The lowest BCUT2D eigenvalue weighted by Gasteiger charge is -2.28. The second-order valence-electron chi connectivity index (χ2n) is 4.50. The van der Waals surface area contributed by atoms with Gasteiger partial charge in [-0.05, 0) is 12.8 Å². The highest BCUT2D eigenvalue weighted by atomic mass is 16.5. The Labute approximate surface area is 100 Å². The molecule has 0 radical (unpaired) electrons. The molecule has 3 rings (SSSR count). The smallest absolute Gasteiger partial charge is 0.163 e. The molecule has 2 fully saturated rings. The number of morpholine rings is 1. The molecule has 1 N–H and O–H groups in total. The number of ether oxygens (including phenoxy) is 2. The lowest BCUT2D eigenvalue weighted by atomic mass is 10.1. The highest BCUT2D eigenvalue weighted by molar-refractivity contribution is 4.97. The molecular weight excluding hydrogens is 220 g/mol. The van der Waals surface area contributed by atoms with Crippen LogP contribution in [0.4, 0.5) is 0 Å². The molecule has 1 unspecified atom stereocenters. The third-order valence-corrected chi connectivity index (χ3v) is 3.40. The minimum Gasteiger partial charge on any atom is -0.381 e. The topological polar surface area (TPSA) is 61.2 Å². The molecule has 1 aromatic rings. The van der Waals surface area contributed by atoms with Crippen molar-refractivity contribution in [3.8, 4) is 0 Å². The van der Waals surface area contributed by atoms with Crippen LogP contribution >= 0.6 is 0 Å². The molecule has 2 aliphatic rings. The monoisotopic (exact) mass is 238 g/mol. The molecule has 0 saturated carbocycles. The third-order valence-electron chi connectivity index (χ3n) is 3.40. The Balaban J connectivity index is 1.77. The van der Waals surface area contributed by atoms with Crippen LogP contribution in [0.1, 0.15) is 30.8 Å². The number of aromatic nitrogens is 3. The van der Waals surface area contributed by atoms with E-state index in [2.05, 4.69) is 20.1 Å². The van der Waals surface area contributed by atoms with Crippen LogP contribution in [-0.4, -0.2) is 47.7 Å². The van der Waals surface area contributed by atoms with E-state index in [0.717, 1.165) is 51.6 Å². The lowest BCUT2D eigenvalue weighted by molar-refractivity contribution is 0.0149. The van der Waals surface area contributed by atoms with E-state index in [1.54, 1.807) is 0 Å². The lowest BCUT2D eigenvalue weighted by Crippen LogP contribution is -2.35. The van der Waals surface area contributed by atoms with Gasteiger partial charge in [0.2, 0.25) is 0 Å². The van der Waals surface area contributed by atoms with Crippen LogP contribution in [-0.2, 0) is 9.47 Å². The number of nitrogens with zero attached hydrogens (tertiary/aromatic N) is 3. The zero-order valence-electron chi connectivity index (χ0n) is 9.84. The largest absolute Gasteiger partial charge is 0.381 e. The molecule has 94 valence electrons. The standard InChI is InChI=1S/C11H18N4O2/c1-4-16-5-2-9(1)15-8-13-14-11(15)10-7-12-3-6-17-10/h8-10,12H,1-7H2. The minimum atomic E-state index is 0.0362. The van der Waals surface area contributed by atoms with Crippen molar-refractivity contribution in [2.24, 2.45) is 0 Å². The molecular formula is C11H18N4O2. The van der Waals surface area contributed by atoms with Crippen molar-refractivity contribution < 1.29 is 9.47 Å². The quantitative estimate of drug-likeness (QED) is 0.802. The van der Waals surface area contributed by atoms with Crippen LogP contribution in [0.2, 0.25) is 0 Å². The number of nitrogens with one attached hydrogen (secondary N) is 1. The second kappa shape index (κ2) is 5.12. The molecule has 1 aromatic heterocycles. The first-order chi connectivity index (χ1) is 8.45. The Morgan fingerprint density at radius 3 is 2.94 bits per heavy atom. The number of hydrogen-bond acceptors (Lipinski definition) is 5. The third kappa shape index (κ3) is 2.34. The summed E-state index contributed by atoms with van der Waals surface area (Å²) < 4.78 is 13.3. The van der Waals surface area contributed by atoms with E-state index in [-0.39, 0.29) is 6.10 Å². The maximum absolute atomic E-state index is 5.74. The normalized spacial score (nSPS) is 27.2. The first-order valence-electron chi connectivity index (χ1n) is 6.24. The van der Waals surface area contributed by atoms with Gasteiger partial charge in [-0.2, -0.15) is 0 Å². The van der Waals surface area contributed by atoms with E-state index >= 15 is 0 Å². The van der Waals surface area contributed by atoms with Crippen LogP contribution in [0.3, 0.4) is 0 Å². The summed E-state index contributed by atoms with van der Waals surface area (Å²) in [6.07, 6.45) is 3.92. The fourth-order valence-corrected chi connectivity index (χ4v) is 2.46. The van der Waals surface area contributed by atoms with E-state index in [1.165, 1.54) is 0 Å². The maximum atomic E-state index is 5.74. The van der Waals surface area contributed by atoms with Gasteiger partial charge in [-0.3, -0.25) is 0 Å². The summed E-state index contributed by atoms with van der Waals surface area (Å²) in [6.45, 7) is 4.13. The van der Waals surface area contributed by atoms with E-state index in [0.29, 0.717) is 6.04 Å². The Morgan fingerprint density at radius 2 is 2.18 bits per heavy atom. The molecule has 0 bridgehead atoms. The van der Waals surface area contributed by atoms with Gasteiger partial charge in [-0.15, -0.1) is 10.2 Å². The van der Waals surface area contributed by atoms with Gasteiger partial charge in [0.1, 0.15) is 12.4 Å². The van der Waals surface area contributed by atoms with Crippen LogP contribution < -0.4 is 5.32 Å². The summed E-state index contributed by atoms with van der Waals surface area (Å²) in [5.41, 5.74) is 0. The average Bonchev–Trinajstić information content (AvgIpc) is 2.90. The molecule has 2 aliphatic heterocycles. The molecule has 17 heavy (non-hydrogen) atoms. The van der Waals surface area contributed by atoms with Crippen molar-refractivity contribution in [3.05, 3.63) is 12.2 Å². The zero-order chi connectivity index (χ0) is 11.5. The van der Waals surface area contributed by atoms with E-state index in [4.69, 9.17) is 9.47 Å². The summed E-state index contributed by atoms with van der Waals surface area (Å²) >= 11 is 0. The highest BCUT2D eigenvalue weighted by Crippen LogP contribution is 2.25. The summed E-state index contributed by atoms with van der Waals surface area (Å²) in [4.78, 5) is 0. The van der Waals surface area contributed by atoms with Crippen molar-refractivity contribution >= 4 is 0 Å². The van der Waals surface area contributed by atoms with Crippen molar-refractivity contribution in [2.45, 2.75) is 25.0 Å². The molecule has 3 heterocycles. The van der Waals surface area contributed by atoms with Gasteiger partial charge in [-0.1, -0.05) is 0 Å². The Kier molecular flexibility index (Phi) is 3.35. The Bertz CT molecular complexity index is 324. The number of hydrogen-bond donors (Lipinski definition) is 1. The maximum Gasteiger partial charge on any atom is 0.163 e. The summed E-state index contributed by atoms with van der Waals surface area (Å²) in [5.74, 6) is 0.948. The highest BCUT2D eigenvalue weighted by Gasteiger charge is 2.25. The van der Waals surface area contributed by atoms with Crippen molar-refractivity contribution in [1.29, 1.82) is 0 Å². The minimum absolute atomic E-state index is 0.0362. The summed E-state index contributed by atoms with van der Waals surface area (Å²) in [5, 5.41) is 11.6. The van der Waals surface area contributed by atoms with Gasteiger partial charge >= 0.3 is 0 Å². The molecule has 0 amide bonds. The van der Waals surface area contributed by atoms with E-state index in [9.17, 15) is 0 Å². The molecule has 6 heteroatoms. The zero-order valence-corrected chi connectivity index (χ0v) is 9.84. The van der Waals surface area contributed by atoms with Crippen LogP contribution in [0, 0.1) is 0 Å². The van der Waals surface area contributed by atoms with Crippen molar-refractivity contribution in [1.82, 2.24) is 20.1 Å². The van der Waals surface area contributed by atoms with Gasteiger partial charge in [0, 0.05) is 32.3 Å². The van der Waals surface area contributed by atoms with Gasteiger partial charge in [0.05, 0.1) is 6.61 Å². The predicted octanol–water partition coefficient (Wildman–Crippen LogP) is 0.290. The Morgan fingerprint density at radius 1 is 1.29 bits per heavy atom. The molecule has 0 spiro atoms. The van der Waals surface area contributed by atoms with Crippen LogP contribution in [0.5, 0.6) is 0 Å². The number of rotatable bonds is 2. The van der Waals surface area contributed by atoms with E-state index in [1.807, 2.05) is 6.33 Å². The Hall–Kier alpha value is -0.980. The fourth-order valence-electron chi connectivity index (χ4n) is 2.46. The fraction of sp³-hybridized carbons (Fsp3) is 0.818. The van der Waals surface area contributed by atoms with Gasteiger partial charge in [-0.25, -0.2) is 0 Å². The SMILES string of the molecule is c1nnc(C2CNCCO2)n1C1CCOCC1. The summed E-state index contributed by atoms with van der Waals surface area (Å²) in [7, 11) is 0. The van der Waals surface area contributed by atoms with Gasteiger partial charge in [0.15, 0.2) is 5.82 Å². The van der Waals surface area contributed by atoms with Gasteiger partial charge < -0.3 is 19.4 Å². The molecule has 0 aliphatic carbocycles. The van der Waals surface area contributed by atoms with Crippen molar-refractivity contribution in [2.75, 3.05) is 32.9 Å². The molecule has 6 nitrogen and oxygen atoms in total. The summed E-state index contributed by atoms with van der Waals surface area (Å²) in [6, 6.07) is 0.458. The van der Waals surface area contributed by atoms with E-state index < -0.39 is 0 Å². The van der Waals surface area contributed by atoms with Gasteiger partial charge in [0.25, 0.3) is 0 Å². The molecule has 2 saturated heterocycles. The first kappa shape index (κ1) is 11.1. The second-order valence-corrected chi connectivity index (χ2v) is 4.50. The van der Waals surface area contributed by atoms with Crippen molar-refractivity contribution in [3.63, 3.8) is 0 Å². The predicted molar refractivity (Wildman–Crippen MR) is 60.7 cm³/mol.